The standard InChI is InChI=1S/C13H17N3S2/c1-10-9-17-12(15-10)7-5-4-6-11-14-8-13(18-11)16(2)3/h4-8,10H,9H2,1-3H3/b6-4+,7-5+/t10-/m0/s1. The molecule has 1 aromatic heterocycles. The van der Waals surface area contributed by atoms with Crippen LogP contribution in [0, 0.1) is 0 Å². The van der Waals surface area contributed by atoms with E-state index >= 15 is 0 Å². The van der Waals surface area contributed by atoms with Crippen LogP contribution in [0.3, 0.4) is 0 Å². The summed E-state index contributed by atoms with van der Waals surface area (Å²) in [5, 5.41) is 3.32. The summed E-state index contributed by atoms with van der Waals surface area (Å²) >= 11 is 3.50. The lowest BCUT2D eigenvalue weighted by molar-refractivity contribution is 0.866. The molecule has 1 aliphatic rings. The molecule has 0 saturated heterocycles. The first-order valence-electron chi connectivity index (χ1n) is 5.83. The normalized spacial score (nSPS) is 19.9. The molecule has 0 bridgehead atoms. The predicted octanol–water partition coefficient (Wildman–Crippen LogP) is 3.31. The molecule has 0 aromatic carbocycles. The van der Waals surface area contributed by atoms with E-state index in [1.54, 1.807) is 11.3 Å². The molecule has 0 N–H and O–H groups in total. The minimum absolute atomic E-state index is 0.459. The number of aliphatic imine (C=N–C) groups is 1. The number of thioether (sulfide) groups is 1. The van der Waals surface area contributed by atoms with Gasteiger partial charge in [0.2, 0.25) is 0 Å². The first kappa shape index (κ1) is 13.4. The van der Waals surface area contributed by atoms with Gasteiger partial charge in [0.05, 0.1) is 17.3 Å². The summed E-state index contributed by atoms with van der Waals surface area (Å²) in [6, 6.07) is 0.459. The van der Waals surface area contributed by atoms with Crippen molar-refractivity contribution >= 4 is 39.2 Å². The third-order valence-electron chi connectivity index (χ3n) is 2.36. The smallest absolute Gasteiger partial charge is 0.118 e. The van der Waals surface area contributed by atoms with E-state index in [-0.39, 0.29) is 0 Å². The van der Waals surface area contributed by atoms with Crippen molar-refractivity contribution in [3.63, 3.8) is 0 Å². The van der Waals surface area contributed by atoms with Crippen LogP contribution < -0.4 is 4.90 Å². The Bertz CT molecular complexity index is 486. The highest BCUT2D eigenvalue weighted by atomic mass is 32.2. The molecule has 5 heteroatoms. The van der Waals surface area contributed by atoms with Crippen LogP contribution in [0.1, 0.15) is 11.9 Å². The Balaban J connectivity index is 1.91. The molecule has 1 aromatic rings. The number of thiazole rings is 1. The molecule has 1 aliphatic heterocycles. The lowest BCUT2D eigenvalue weighted by Gasteiger charge is -2.05. The highest BCUT2D eigenvalue weighted by Crippen LogP contribution is 2.22. The summed E-state index contributed by atoms with van der Waals surface area (Å²) < 4.78 is 0. The Morgan fingerprint density at radius 2 is 2.11 bits per heavy atom. The van der Waals surface area contributed by atoms with E-state index in [9.17, 15) is 0 Å². The van der Waals surface area contributed by atoms with Crippen molar-refractivity contribution in [2.75, 3.05) is 24.7 Å². The maximum atomic E-state index is 4.50. The second kappa shape index (κ2) is 6.20. The molecule has 2 heterocycles. The van der Waals surface area contributed by atoms with Gasteiger partial charge in [0.15, 0.2) is 0 Å². The van der Waals surface area contributed by atoms with Gasteiger partial charge in [-0.3, -0.25) is 4.99 Å². The number of rotatable bonds is 4. The molecule has 2 rings (SSSR count). The summed E-state index contributed by atoms with van der Waals surface area (Å²) in [5.74, 6) is 1.10. The first-order valence-corrected chi connectivity index (χ1v) is 7.64. The van der Waals surface area contributed by atoms with Gasteiger partial charge in [0.25, 0.3) is 0 Å². The van der Waals surface area contributed by atoms with E-state index in [1.807, 2.05) is 50.3 Å². The van der Waals surface area contributed by atoms with Crippen molar-refractivity contribution in [3.05, 3.63) is 29.4 Å². The van der Waals surface area contributed by atoms with Gasteiger partial charge < -0.3 is 4.90 Å². The topological polar surface area (TPSA) is 28.5 Å². The third-order valence-corrected chi connectivity index (χ3v) is 4.68. The molecule has 96 valence electrons. The summed E-state index contributed by atoms with van der Waals surface area (Å²) in [5.41, 5.74) is 0. The average molecular weight is 279 g/mol. The molecule has 0 saturated carbocycles. The average Bonchev–Trinajstić information content (AvgIpc) is 2.93. The maximum Gasteiger partial charge on any atom is 0.118 e. The minimum Gasteiger partial charge on any atom is -0.368 e. The van der Waals surface area contributed by atoms with Gasteiger partial charge in [-0.2, -0.15) is 0 Å². The summed E-state index contributed by atoms with van der Waals surface area (Å²) in [4.78, 5) is 10.9. The molecule has 1 atom stereocenters. The quantitative estimate of drug-likeness (QED) is 0.792. The number of hydrogen-bond donors (Lipinski definition) is 0. The van der Waals surface area contributed by atoms with Crippen LogP contribution in [0.25, 0.3) is 6.08 Å². The van der Waals surface area contributed by atoms with E-state index in [2.05, 4.69) is 27.9 Å². The Labute approximate surface area is 116 Å². The van der Waals surface area contributed by atoms with Gasteiger partial charge >= 0.3 is 0 Å². The first-order chi connectivity index (χ1) is 8.65. The Morgan fingerprint density at radius 3 is 2.72 bits per heavy atom. The fraction of sp³-hybridized carbons (Fsp3) is 0.385. The second-order valence-corrected chi connectivity index (χ2v) is 6.36. The summed E-state index contributed by atoms with van der Waals surface area (Å²) in [7, 11) is 4.05. The van der Waals surface area contributed by atoms with Crippen LogP contribution in [-0.2, 0) is 0 Å². The molecule has 0 fully saturated rings. The number of nitrogens with zero attached hydrogens (tertiary/aromatic N) is 3. The van der Waals surface area contributed by atoms with Crippen LogP contribution in [0.2, 0.25) is 0 Å². The van der Waals surface area contributed by atoms with Crippen molar-refractivity contribution in [1.82, 2.24) is 4.98 Å². The SMILES string of the molecule is C[C@H]1CSC(/C=C/C=C/c2ncc(N(C)C)s2)=N1. The van der Waals surface area contributed by atoms with Crippen LogP contribution in [0.5, 0.6) is 0 Å². The summed E-state index contributed by atoms with van der Waals surface area (Å²) in [6.45, 7) is 2.14. The molecule has 0 radical (unpaired) electrons. The zero-order valence-electron chi connectivity index (χ0n) is 10.8. The van der Waals surface area contributed by atoms with E-state index < -0.39 is 0 Å². The third kappa shape index (κ3) is 3.71. The van der Waals surface area contributed by atoms with E-state index in [4.69, 9.17) is 0 Å². The Hall–Kier alpha value is -1.07. The number of anilines is 1. The maximum absolute atomic E-state index is 4.50. The molecule has 0 amide bonds. The van der Waals surface area contributed by atoms with Gasteiger partial charge in [-0.1, -0.05) is 23.5 Å². The molecule has 0 unspecified atom stereocenters. The highest BCUT2D eigenvalue weighted by molar-refractivity contribution is 8.14. The lowest BCUT2D eigenvalue weighted by atomic mass is 10.4. The second-order valence-electron chi connectivity index (χ2n) is 4.28. The molecule has 18 heavy (non-hydrogen) atoms. The molecular formula is C13H17N3S2. The van der Waals surface area contributed by atoms with Crippen molar-refractivity contribution in [3.8, 4) is 0 Å². The van der Waals surface area contributed by atoms with Gasteiger partial charge in [-0.25, -0.2) is 4.98 Å². The lowest BCUT2D eigenvalue weighted by Crippen LogP contribution is -2.05. The largest absolute Gasteiger partial charge is 0.368 e. The number of aromatic nitrogens is 1. The summed E-state index contributed by atoms with van der Waals surface area (Å²) in [6.07, 6.45) is 10.0. The zero-order chi connectivity index (χ0) is 13.0. The van der Waals surface area contributed by atoms with Crippen LogP contribution in [-0.4, -0.2) is 35.9 Å². The van der Waals surface area contributed by atoms with E-state index in [1.165, 1.54) is 5.00 Å². The van der Waals surface area contributed by atoms with Crippen LogP contribution >= 0.6 is 23.1 Å². The molecular weight excluding hydrogens is 262 g/mol. The molecule has 0 aliphatic carbocycles. The van der Waals surface area contributed by atoms with Crippen LogP contribution in [0.4, 0.5) is 5.00 Å². The van der Waals surface area contributed by atoms with Crippen molar-refractivity contribution in [2.24, 2.45) is 4.99 Å². The zero-order valence-corrected chi connectivity index (χ0v) is 12.5. The number of hydrogen-bond acceptors (Lipinski definition) is 5. The monoisotopic (exact) mass is 279 g/mol. The minimum atomic E-state index is 0.459. The molecule has 0 spiro atoms. The van der Waals surface area contributed by atoms with Crippen molar-refractivity contribution < 1.29 is 0 Å². The highest BCUT2D eigenvalue weighted by Gasteiger charge is 2.10. The van der Waals surface area contributed by atoms with Gasteiger partial charge in [-0.15, -0.1) is 11.8 Å². The van der Waals surface area contributed by atoms with E-state index in [0.717, 1.165) is 15.8 Å². The number of allylic oxidation sites excluding steroid dienone is 2. The Morgan fingerprint density at radius 1 is 1.33 bits per heavy atom. The van der Waals surface area contributed by atoms with Gasteiger partial charge in [0, 0.05) is 19.8 Å². The van der Waals surface area contributed by atoms with Crippen molar-refractivity contribution in [1.29, 1.82) is 0 Å². The molecule has 3 nitrogen and oxygen atoms in total. The van der Waals surface area contributed by atoms with E-state index in [0.29, 0.717) is 6.04 Å². The fourth-order valence-electron chi connectivity index (χ4n) is 1.43. The Kier molecular flexibility index (Phi) is 4.60. The van der Waals surface area contributed by atoms with Crippen LogP contribution in [0.15, 0.2) is 29.4 Å². The van der Waals surface area contributed by atoms with Crippen molar-refractivity contribution in [2.45, 2.75) is 13.0 Å². The van der Waals surface area contributed by atoms with Gasteiger partial charge in [-0.05, 0) is 19.1 Å². The predicted molar refractivity (Wildman–Crippen MR) is 84.0 cm³/mol. The fourth-order valence-corrected chi connectivity index (χ4v) is 3.10. The van der Waals surface area contributed by atoms with Gasteiger partial charge in [0.1, 0.15) is 10.0 Å².